The number of β-amino-alcohol motifs (C(OH)–C–C–N with tert-alkyl or cyclic N) is 1. The molecule has 16 heavy (non-hydrogen) atoms. The van der Waals surface area contributed by atoms with Gasteiger partial charge in [0.15, 0.2) is 0 Å². The quantitative estimate of drug-likeness (QED) is 0.628. The van der Waals surface area contributed by atoms with E-state index >= 15 is 0 Å². The van der Waals surface area contributed by atoms with Crippen molar-refractivity contribution in [3.63, 3.8) is 0 Å². The van der Waals surface area contributed by atoms with E-state index in [1.54, 1.807) is 0 Å². The molecule has 0 aliphatic carbocycles. The predicted octanol–water partition coefficient (Wildman–Crippen LogP) is -0.0172. The lowest BCUT2D eigenvalue weighted by Crippen LogP contribution is -2.52. The van der Waals surface area contributed by atoms with Crippen molar-refractivity contribution in [2.24, 2.45) is 0 Å². The largest absolute Gasteiger partial charge is 0.390 e. The van der Waals surface area contributed by atoms with E-state index in [2.05, 4.69) is 36.0 Å². The van der Waals surface area contributed by atoms with Crippen molar-refractivity contribution in [2.75, 3.05) is 46.3 Å². The van der Waals surface area contributed by atoms with Gasteiger partial charge in [-0.05, 0) is 26.9 Å². The smallest absolute Gasteiger partial charge is 0.0791 e. The van der Waals surface area contributed by atoms with Crippen LogP contribution in [-0.4, -0.2) is 73.4 Å². The molecule has 0 radical (unpaired) electrons. The number of likely N-dealkylation sites (N-methyl/N-ethyl adjacent to an activating group) is 1. The molecule has 4 nitrogen and oxygen atoms in total. The molecular formula is C12H27N3O. The van der Waals surface area contributed by atoms with Crippen molar-refractivity contribution in [3.05, 3.63) is 0 Å². The van der Waals surface area contributed by atoms with Crippen LogP contribution in [0, 0.1) is 0 Å². The molecule has 2 atom stereocenters. The third-order valence-corrected chi connectivity index (χ3v) is 3.32. The lowest BCUT2D eigenvalue weighted by molar-refractivity contribution is 0.0572. The highest BCUT2D eigenvalue weighted by atomic mass is 16.3. The zero-order valence-electron chi connectivity index (χ0n) is 10.9. The Kier molecular flexibility index (Phi) is 6.28. The van der Waals surface area contributed by atoms with Gasteiger partial charge in [-0.3, -0.25) is 4.90 Å². The summed E-state index contributed by atoms with van der Waals surface area (Å²) in [4.78, 5) is 4.74. The molecule has 1 fully saturated rings. The monoisotopic (exact) mass is 229 g/mol. The Balaban J connectivity index is 2.16. The highest BCUT2D eigenvalue weighted by Crippen LogP contribution is 2.07. The molecule has 2 N–H and O–H groups in total. The Morgan fingerprint density at radius 3 is 2.81 bits per heavy atom. The van der Waals surface area contributed by atoms with Crippen LogP contribution >= 0.6 is 0 Å². The molecule has 0 aromatic rings. The number of nitrogens with one attached hydrogen (secondary N) is 1. The molecule has 2 unspecified atom stereocenters. The fraction of sp³-hybridized carbons (Fsp3) is 1.00. The number of piperazine rings is 1. The van der Waals surface area contributed by atoms with E-state index in [-0.39, 0.29) is 6.10 Å². The zero-order chi connectivity index (χ0) is 12.0. The summed E-state index contributed by atoms with van der Waals surface area (Å²) >= 11 is 0. The number of aliphatic hydroxyl groups is 1. The average Bonchev–Trinajstić information content (AvgIpc) is 2.24. The van der Waals surface area contributed by atoms with Crippen LogP contribution in [0.2, 0.25) is 0 Å². The van der Waals surface area contributed by atoms with Crippen LogP contribution in [0.5, 0.6) is 0 Å². The lowest BCUT2D eigenvalue weighted by Gasteiger charge is -2.38. The van der Waals surface area contributed by atoms with Crippen LogP contribution in [0.4, 0.5) is 0 Å². The molecule has 0 amide bonds. The topological polar surface area (TPSA) is 38.7 Å². The molecule has 4 heteroatoms. The summed E-state index contributed by atoms with van der Waals surface area (Å²) in [5.74, 6) is 0. The first-order valence-electron chi connectivity index (χ1n) is 6.44. The summed E-state index contributed by atoms with van der Waals surface area (Å²) in [5, 5.41) is 13.1. The number of hydrogen-bond donors (Lipinski definition) is 2. The maximum absolute atomic E-state index is 9.86. The van der Waals surface area contributed by atoms with E-state index in [0.29, 0.717) is 12.6 Å². The minimum atomic E-state index is -0.234. The Labute approximate surface area is 99.6 Å². The van der Waals surface area contributed by atoms with Crippen molar-refractivity contribution in [1.82, 2.24) is 15.1 Å². The Morgan fingerprint density at radius 1 is 1.44 bits per heavy atom. The molecule has 0 saturated carbocycles. The van der Waals surface area contributed by atoms with Crippen molar-refractivity contribution in [3.8, 4) is 0 Å². The van der Waals surface area contributed by atoms with Gasteiger partial charge in [0.25, 0.3) is 0 Å². The Hall–Kier alpha value is -0.160. The third-order valence-electron chi connectivity index (χ3n) is 3.32. The molecule has 1 rings (SSSR count). The summed E-state index contributed by atoms with van der Waals surface area (Å²) in [6.45, 7) is 10.2. The molecule has 0 spiro atoms. The van der Waals surface area contributed by atoms with Gasteiger partial charge in [0.2, 0.25) is 0 Å². The van der Waals surface area contributed by atoms with E-state index in [9.17, 15) is 5.11 Å². The molecule has 96 valence electrons. The van der Waals surface area contributed by atoms with Crippen molar-refractivity contribution in [2.45, 2.75) is 32.4 Å². The summed E-state index contributed by atoms with van der Waals surface area (Å²) < 4.78 is 0. The Morgan fingerprint density at radius 2 is 2.19 bits per heavy atom. The SMILES string of the molecule is CCCNCC(O)CN1CCN(C)C(C)C1. The van der Waals surface area contributed by atoms with Crippen molar-refractivity contribution in [1.29, 1.82) is 0 Å². The minimum absolute atomic E-state index is 0.234. The first-order chi connectivity index (χ1) is 7.63. The summed E-state index contributed by atoms with van der Waals surface area (Å²) in [6.07, 6.45) is 0.889. The molecule has 1 saturated heterocycles. The van der Waals surface area contributed by atoms with Crippen LogP contribution in [0.25, 0.3) is 0 Å². The standard InChI is InChI=1S/C12H27N3O/c1-4-5-13-8-12(16)10-15-7-6-14(3)11(2)9-15/h11-13,16H,4-10H2,1-3H3. The first-order valence-corrected chi connectivity index (χ1v) is 6.44. The molecular weight excluding hydrogens is 202 g/mol. The maximum Gasteiger partial charge on any atom is 0.0791 e. The normalized spacial score (nSPS) is 25.9. The highest BCUT2D eigenvalue weighted by Gasteiger charge is 2.21. The fourth-order valence-electron chi connectivity index (χ4n) is 2.10. The molecule has 0 bridgehead atoms. The second kappa shape index (κ2) is 7.22. The van der Waals surface area contributed by atoms with Gasteiger partial charge in [0.1, 0.15) is 0 Å². The highest BCUT2D eigenvalue weighted by molar-refractivity contribution is 4.78. The molecule has 1 heterocycles. The molecule has 1 aliphatic rings. The van der Waals surface area contributed by atoms with E-state index in [4.69, 9.17) is 0 Å². The molecule has 0 aromatic heterocycles. The second-order valence-corrected chi connectivity index (χ2v) is 4.95. The first kappa shape index (κ1) is 13.9. The minimum Gasteiger partial charge on any atom is -0.390 e. The van der Waals surface area contributed by atoms with Crippen LogP contribution < -0.4 is 5.32 Å². The van der Waals surface area contributed by atoms with E-state index in [0.717, 1.165) is 39.1 Å². The summed E-state index contributed by atoms with van der Waals surface area (Å²) in [7, 11) is 2.17. The number of rotatable bonds is 6. The third kappa shape index (κ3) is 4.78. The van der Waals surface area contributed by atoms with E-state index in [1.165, 1.54) is 0 Å². The van der Waals surface area contributed by atoms with Crippen LogP contribution in [0.3, 0.4) is 0 Å². The van der Waals surface area contributed by atoms with Gasteiger partial charge in [-0.15, -0.1) is 0 Å². The summed E-state index contributed by atoms with van der Waals surface area (Å²) in [6, 6.07) is 0.601. The number of hydrogen-bond acceptors (Lipinski definition) is 4. The van der Waals surface area contributed by atoms with E-state index < -0.39 is 0 Å². The van der Waals surface area contributed by atoms with Gasteiger partial charge in [-0.1, -0.05) is 6.92 Å². The fourth-order valence-corrected chi connectivity index (χ4v) is 2.10. The van der Waals surface area contributed by atoms with Gasteiger partial charge in [0.05, 0.1) is 6.10 Å². The lowest BCUT2D eigenvalue weighted by atomic mass is 10.2. The van der Waals surface area contributed by atoms with Gasteiger partial charge in [0, 0.05) is 38.8 Å². The maximum atomic E-state index is 9.86. The Bertz CT molecular complexity index is 189. The van der Waals surface area contributed by atoms with Gasteiger partial charge in [-0.2, -0.15) is 0 Å². The second-order valence-electron chi connectivity index (χ2n) is 4.95. The van der Waals surface area contributed by atoms with Crippen molar-refractivity contribution < 1.29 is 5.11 Å². The van der Waals surface area contributed by atoms with Gasteiger partial charge >= 0.3 is 0 Å². The van der Waals surface area contributed by atoms with E-state index in [1.807, 2.05) is 0 Å². The number of aliphatic hydroxyl groups excluding tert-OH is 1. The summed E-state index contributed by atoms with van der Waals surface area (Å²) in [5.41, 5.74) is 0. The molecule has 1 aliphatic heterocycles. The van der Waals surface area contributed by atoms with Gasteiger partial charge < -0.3 is 15.3 Å². The van der Waals surface area contributed by atoms with Gasteiger partial charge in [-0.25, -0.2) is 0 Å². The predicted molar refractivity (Wildman–Crippen MR) is 67.7 cm³/mol. The molecule has 0 aromatic carbocycles. The van der Waals surface area contributed by atoms with Crippen LogP contribution in [-0.2, 0) is 0 Å². The van der Waals surface area contributed by atoms with Crippen LogP contribution in [0.15, 0.2) is 0 Å². The zero-order valence-corrected chi connectivity index (χ0v) is 10.9. The average molecular weight is 229 g/mol. The number of nitrogens with zero attached hydrogens (tertiary/aromatic N) is 2. The van der Waals surface area contributed by atoms with Crippen LogP contribution in [0.1, 0.15) is 20.3 Å². The van der Waals surface area contributed by atoms with Crippen molar-refractivity contribution >= 4 is 0 Å².